The lowest BCUT2D eigenvalue weighted by Gasteiger charge is -2.12. The Morgan fingerprint density at radius 3 is 2.58 bits per heavy atom. The van der Waals surface area contributed by atoms with E-state index in [1.165, 1.54) is 0 Å². The molecule has 1 aromatic rings. The average Bonchev–Trinajstić information content (AvgIpc) is 2.75. The van der Waals surface area contributed by atoms with Crippen molar-refractivity contribution in [1.82, 2.24) is 5.32 Å². The van der Waals surface area contributed by atoms with Crippen molar-refractivity contribution in [3.05, 3.63) is 35.9 Å². The fourth-order valence-electron chi connectivity index (χ4n) is 2.50. The van der Waals surface area contributed by atoms with Crippen LogP contribution in [-0.4, -0.2) is 26.1 Å². The Kier molecular flexibility index (Phi) is 4.19. The normalized spacial score (nSPS) is 23.2. The standard InChI is InChI=1S/C13H16FNO3S/c14-19(17,18)9-10-6-7-12(8-10)15-13(16)11-4-2-1-3-5-11/h1-5,10,12H,6-9H2,(H,15,16)/t10-,12+/m1/s1. The molecule has 19 heavy (non-hydrogen) atoms. The number of carbonyl (C=O) groups is 1. The molecule has 0 saturated heterocycles. The van der Waals surface area contributed by atoms with E-state index in [1.54, 1.807) is 24.3 Å². The first-order valence-corrected chi connectivity index (χ1v) is 7.77. The number of nitrogens with one attached hydrogen (secondary N) is 1. The second-order valence-corrected chi connectivity index (χ2v) is 6.33. The molecular weight excluding hydrogens is 269 g/mol. The Morgan fingerprint density at radius 2 is 1.95 bits per heavy atom. The maximum Gasteiger partial charge on any atom is 0.302 e. The van der Waals surface area contributed by atoms with Crippen LogP contribution in [0.2, 0.25) is 0 Å². The van der Waals surface area contributed by atoms with E-state index < -0.39 is 16.0 Å². The van der Waals surface area contributed by atoms with Crippen LogP contribution in [0.1, 0.15) is 29.6 Å². The van der Waals surface area contributed by atoms with Gasteiger partial charge >= 0.3 is 10.2 Å². The van der Waals surface area contributed by atoms with Gasteiger partial charge in [-0.2, -0.15) is 8.42 Å². The molecule has 0 aliphatic heterocycles. The first-order chi connectivity index (χ1) is 8.94. The topological polar surface area (TPSA) is 63.2 Å². The maximum atomic E-state index is 12.6. The second kappa shape index (κ2) is 5.69. The molecule has 1 fully saturated rings. The van der Waals surface area contributed by atoms with Gasteiger partial charge in [-0.3, -0.25) is 4.79 Å². The van der Waals surface area contributed by atoms with Gasteiger partial charge in [-0.25, -0.2) is 0 Å². The minimum atomic E-state index is -4.42. The summed E-state index contributed by atoms with van der Waals surface area (Å²) in [5.41, 5.74) is 0.573. The van der Waals surface area contributed by atoms with Gasteiger partial charge in [-0.05, 0) is 37.3 Å². The van der Waals surface area contributed by atoms with Crippen LogP contribution < -0.4 is 5.32 Å². The summed E-state index contributed by atoms with van der Waals surface area (Å²) >= 11 is 0. The number of hydrogen-bond acceptors (Lipinski definition) is 3. The summed E-state index contributed by atoms with van der Waals surface area (Å²) in [5.74, 6) is -0.810. The first-order valence-electron chi connectivity index (χ1n) is 6.22. The zero-order valence-corrected chi connectivity index (χ0v) is 11.2. The highest BCUT2D eigenvalue weighted by Gasteiger charge is 2.29. The van der Waals surface area contributed by atoms with Crippen molar-refractivity contribution in [2.24, 2.45) is 5.92 Å². The third kappa shape index (κ3) is 4.31. The van der Waals surface area contributed by atoms with Crippen LogP contribution in [0.3, 0.4) is 0 Å². The van der Waals surface area contributed by atoms with Gasteiger partial charge in [0, 0.05) is 11.6 Å². The van der Waals surface area contributed by atoms with Gasteiger partial charge in [-0.15, -0.1) is 3.89 Å². The molecule has 1 aliphatic carbocycles. The summed E-state index contributed by atoms with van der Waals surface area (Å²) in [6.45, 7) is 0. The van der Waals surface area contributed by atoms with Crippen molar-refractivity contribution in [1.29, 1.82) is 0 Å². The summed E-state index contributed by atoms with van der Waals surface area (Å²) in [4.78, 5) is 11.9. The zero-order valence-electron chi connectivity index (χ0n) is 10.4. The molecule has 1 N–H and O–H groups in total. The Bertz CT molecular complexity index is 544. The quantitative estimate of drug-likeness (QED) is 0.859. The highest BCUT2D eigenvalue weighted by Crippen LogP contribution is 2.27. The highest BCUT2D eigenvalue weighted by atomic mass is 32.3. The summed E-state index contributed by atoms with van der Waals surface area (Å²) in [7, 11) is -4.42. The third-order valence-electron chi connectivity index (χ3n) is 3.35. The van der Waals surface area contributed by atoms with Gasteiger partial charge in [0.25, 0.3) is 5.91 Å². The predicted molar refractivity (Wildman–Crippen MR) is 69.9 cm³/mol. The first kappa shape index (κ1) is 14.0. The Hall–Kier alpha value is -1.43. The summed E-state index contributed by atoms with van der Waals surface area (Å²) < 4.78 is 33.7. The highest BCUT2D eigenvalue weighted by molar-refractivity contribution is 7.86. The van der Waals surface area contributed by atoms with Gasteiger partial charge in [0.1, 0.15) is 0 Å². The van der Waals surface area contributed by atoms with Gasteiger partial charge in [0.15, 0.2) is 0 Å². The molecule has 1 aliphatic rings. The lowest BCUT2D eigenvalue weighted by molar-refractivity contribution is 0.0937. The lowest BCUT2D eigenvalue weighted by Crippen LogP contribution is -2.33. The van der Waals surface area contributed by atoms with Gasteiger partial charge in [0.05, 0.1) is 5.75 Å². The molecule has 0 spiro atoms. The number of hydrogen-bond donors (Lipinski definition) is 1. The van der Waals surface area contributed by atoms with Crippen molar-refractivity contribution in [2.45, 2.75) is 25.3 Å². The fourth-order valence-corrected chi connectivity index (χ4v) is 3.36. The number of amides is 1. The molecule has 1 saturated carbocycles. The van der Waals surface area contributed by atoms with Crippen LogP contribution in [0.4, 0.5) is 3.89 Å². The summed E-state index contributed by atoms with van der Waals surface area (Å²) in [5, 5.41) is 2.85. The molecule has 2 atom stereocenters. The summed E-state index contributed by atoms with van der Waals surface area (Å²) in [6, 6.07) is 8.75. The molecule has 0 unspecified atom stereocenters. The minimum absolute atomic E-state index is 0.0699. The minimum Gasteiger partial charge on any atom is -0.349 e. The van der Waals surface area contributed by atoms with Crippen LogP contribution in [0.25, 0.3) is 0 Å². The number of carbonyl (C=O) groups excluding carboxylic acids is 1. The van der Waals surface area contributed by atoms with Crippen molar-refractivity contribution in [3.63, 3.8) is 0 Å². The fraction of sp³-hybridized carbons (Fsp3) is 0.462. The SMILES string of the molecule is O=C(N[C@H]1CC[C@@H](CS(=O)(=O)F)C1)c1ccccc1. The van der Waals surface area contributed by atoms with E-state index in [-0.39, 0.29) is 17.9 Å². The number of rotatable bonds is 4. The maximum absolute atomic E-state index is 12.6. The Morgan fingerprint density at radius 1 is 1.26 bits per heavy atom. The van der Waals surface area contributed by atoms with Crippen LogP contribution in [0.15, 0.2) is 30.3 Å². The lowest BCUT2D eigenvalue weighted by atomic mass is 10.1. The van der Waals surface area contributed by atoms with Crippen molar-refractivity contribution >= 4 is 16.1 Å². The van der Waals surface area contributed by atoms with Gasteiger partial charge in [0.2, 0.25) is 0 Å². The van der Waals surface area contributed by atoms with E-state index in [0.29, 0.717) is 24.8 Å². The van der Waals surface area contributed by atoms with Crippen LogP contribution in [0.5, 0.6) is 0 Å². The zero-order chi connectivity index (χ0) is 13.9. The van der Waals surface area contributed by atoms with Crippen molar-refractivity contribution < 1.29 is 17.1 Å². The van der Waals surface area contributed by atoms with E-state index in [9.17, 15) is 17.1 Å². The number of halogens is 1. The van der Waals surface area contributed by atoms with Crippen LogP contribution in [0, 0.1) is 5.92 Å². The molecular formula is C13H16FNO3S. The van der Waals surface area contributed by atoms with E-state index >= 15 is 0 Å². The molecule has 1 aromatic carbocycles. The van der Waals surface area contributed by atoms with E-state index in [0.717, 1.165) is 0 Å². The smallest absolute Gasteiger partial charge is 0.302 e. The molecule has 0 radical (unpaired) electrons. The molecule has 4 nitrogen and oxygen atoms in total. The van der Waals surface area contributed by atoms with Gasteiger partial charge in [-0.1, -0.05) is 18.2 Å². The third-order valence-corrected chi connectivity index (χ3v) is 4.22. The van der Waals surface area contributed by atoms with E-state index in [1.807, 2.05) is 6.07 Å². The van der Waals surface area contributed by atoms with Crippen molar-refractivity contribution in [3.8, 4) is 0 Å². The molecule has 1 amide bonds. The predicted octanol–water partition coefficient (Wildman–Crippen LogP) is 1.88. The average molecular weight is 285 g/mol. The largest absolute Gasteiger partial charge is 0.349 e. The van der Waals surface area contributed by atoms with Crippen molar-refractivity contribution in [2.75, 3.05) is 5.75 Å². The molecule has 0 bridgehead atoms. The Balaban J connectivity index is 1.87. The van der Waals surface area contributed by atoms with Crippen LogP contribution in [-0.2, 0) is 10.2 Å². The molecule has 104 valence electrons. The molecule has 6 heteroatoms. The van der Waals surface area contributed by atoms with Crippen LogP contribution >= 0.6 is 0 Å². The number of benzene rings is 1. The second-order valence-electron chi connectivity index (χ2n) is 4.92. The Labute approximate surface area is 112 Å². The monoisotopic (exact) mass is 285 g/mol. The molecule has 0 aromatic heterocycles. The van der Waals surface area contributed by atoms with E-state index in [4.69, 9.17) is 0 Å². The molecule has 0 heterocycles. The molecule has 2 rings (SSSR count). The summed E-state index contributed by atoms with van der Waals surface area (Å²) in [6.07, 6.45) is 1.84. The van der Waals surface area contributed by atoms with E-state index in [2.05, 4.69) is 5.32 Å². The van der Waals surface area contributed by atoms with Gasteiger partial charge < -0.3 is 5.32 Å².